The third-order valence-corrected chi connectivity index (χ3v) is 4.21. The molecule has 1 heterocycles. The lowest BCUT2D eigenvalue weighted by molar-refractivity contribution is -0.122. The van der Waals surface area contributed by atoms with E-state index in [9.17, 15) is 9.59 Å². The number of hydrogen-bond donors (Lipinski definition) is 2. The lowest BCUT2D eigenvalue weighted by Gasteiger charge is -2.28. The zero-order valence-corrected chi connectivity index (χ0v) is 14.3. The number of fused-ring (bicyclic) bond motifs is 1. The van der Waals surface area contributed by atoms with Crippen LogP contribution in [0.5, 0.6) is 0 Å². The number of para-hydroxylation sites is 1. The number of rotatable bonds is 7. The normalized spacial score (nSPS) is 13.3. The van der Waals surface area contributed by atoms with Crippen molar-refractivity contribution in [2.75, 3.05) is 36.8 Å². The van der Waals surface area contributed by atoms with Crippen LogP contribution in [0.3, 0.4) is 0 Å². The van der Waals surface area contributed by atoms with Crippen LogP contribution in [0.15, 0.2) is 29.2 Å². The number of anilines is 1. The number of amides is 2. The molecule has 0 radical (unpaired) electrons. The second-order valence-electron chi connectivity index (χ2n) is 4.84. The Balaban J connectivity index is 0.00000242. The third-order valence-electron chi connectivity index (χ3n) is 3.16. The van der Waals surface area contributed by atoms with Gasteiger partial charge in [-0.25, -0.2) is 0 Å². The average Bonchev–Trinajstić information content (AvgIpc) is 2.50. The van der Waals surface area contributed by atoms with E-state index in [-0.39, 0.29) is 30.8 Å². The van der Waals surface area contributed by atoms with Gasteiger partial charge in [0.05, 0.1) is 11.4 Å². The summed E-state index contributed by atoms with van der Waals surface area (Å²) in [5.41, 5.74) is 0.831. The topological polar surface area (TPSA) is 61.4 Å². The molecule has 1 aromatic rings. The zero-order valence-electron chi connectivity index (χ0n) is 12.6. The van der Waals surface area contributed by atoms with E-state index in [1.54, 1.807) is 4.90 Å². The maximum Gasteiger partial charge on any atom is 0.240 e. The van der Waals surface area contributed by atoms with E-state index in [4.69, 9.17) is 0 Å². The minimum absolute atomic E-state index is 0. The van der Waals surface area contributed by atoms with Gasteiger partial charge in [-0.05, 0) is 25.1 Å². The van der Waals surface area contributed by atoms with Gasteiger partial charge in [-0.3, -0.25) is 9.59 Å². The molecule has 0 bridgehead atoms. The number of benzene rings is 1. The van der Waals surface area contributed by atoms with Crippen molar-refractivity contribution >= 4 is 41.7 Å². The first-order chi connectivity index (χ1) is 10.2. The van der Waals surface area contributed by atoms with E-state index in [1.807, 2.05) is 24.3 Å². The molecule has 2 amide bonds. The Morgan fingerprint density at radius 3 is 2.82 bits per heavy atom. The molecule has 1 aliphatic rings. The quantitative estimate of drug-likeness (QED) is 0.739. The minimum atomic E-state index is -0.122. The van der Waals surface area contributed by atoms with Gasteiger partial charge in [-0.1, -0.05) is 19.1 Å². The Labute approximate surface area is 141 Å². The van der Waals surface area contributed by atoms with Crippen LogP contribution in [0.25, 0.3) is 0 Å². The molecule has 0 aliphatic carbocycles. The van der Waals surface area contributed by atoms with E-state index >= 15 is 0 Å². The van der Waals surface area contributed by atoms with Crippen LogP contribution in [0.1, 0.15) is 13.3 Å². The van der Waals surface area contributed by atoms with Crippen LogP contribution in [-0.4, -0.2) is 43.7 Å². The second-order valence-corrected chi connectivity index (χ2v) is 5.85. The third kappa shape index (κ3) is 5.19. The molecule has 122 valence electrons. The standard InChI is InChI=1S/C15H21N3O2S.ClH/c1-2-7-16-8-9-17-14(19)10-18-12-5-3-4-6-13(12)21-11-15(18)20;/h3-6,16H,2,7-11H2,1H3,(H,17,19);1H. The van der Waals surface area contributed by atoms with Gasteiger partial charge in [0.15, 0.2) is 0 Å². The lowest BCUT2D eigenvalue weighted by Crippen LogP contribution is -2.44. The van der Waals surface area contributed by atoms with Gasteiger partial charge in [0, 0.05) is 18.0 Å². The summed E-state index contributed by atoms with van der Waals surface area (Å²) in [6, 6.07) is 7.69. The van der Waals surface area contributed by atoms with E-state index < -0.39 is 0 Å². The maximum absolute atomic E-state index is 12.0. The Morgan fingerprint density at radius 1 is 1.27 bits per heavy atom. The molecule has 1 aromatic carbocycles. The number of carbonyl (C=O) groups excluding carboxylic acids is 2. The number of nitrogens with one attached hydrogen (secondary N) is 2. The first-order valence-corrected chi connectivity index (χ1v) is 8.20. The molecule has 2 N–H and O–H groups in total. The SMILES string of the molecule is CCCNCCNC(=O)CN1C(=O)CSc2ccccc21.Cl. The van der Waals surface area contributed by atoms with Gasteiger partial charge in [0.2, 0.25) is 11.8 Å². The van der Waals surface area contributed by atoms with Crippen LogP contribution in [0, 0.1) is 0 Å². The highest BCUT2D eigenvalue weighted by atomic mass is 35.5. The average molecular weight is 344 g/mol. The minimum Gasteiger partial charge on any atom is -0.353 e. The smallest absolute Gasteiger partial charge is 0.240 e. The summed E-state index contributed by atoms with van der Waals surface area (Å²) >= 11 is 1.52. The van der Waals surface area contributed by atoms with Crippen molar-refractivity contribution < 1.29 is 9.59 Å². The zero-order chi connectivity index (χ0) is 15.1. The highest BCUT2D eigenvalue weighted by molar-refractivity contribution is 8.00. The summed E-state index contributed by atoms with van der Waals surface area (Å²) in [6.45, 7) is 4.47. The van der Waals surface area contributed by atoms with Crippen molar-refractivity contribution in [1.29, 1.82) is 0 Å². The van der Waals surface area contributed by atoms with Crippen LogP contribution < -0.4 is 15.5 Å². The first kappa shape index (κ1) is 18.8. The van der Waals surface area contributed by atoms with E-state index in [1.165, 1.54) is 11.8 Å². The van der Waals surface area contributed by atoms with Crippen molar-refractivity contribution in [3.8, 4) is 0 Å². The summed E-state index contributed by atoms with van der Waals surface area (Å²) in [6.07, 6.45) is 1.07. The molecular formula is C15H22ClN3O2S. The number of carbonyl (C=O) groups is 2. The van der Waals surface area contributed by atoms with Gasteiger partial charge >= 0.3 is 0 Å². The maximum atomic E-state index is 12.0. The molecule has 0 aromatic heterocycles. The lowest BCUT2D eigenvalue weighted by atomic mass is 10.2. The predicted molar refractivity (Wildman–Crippen MR) is 92.9 cm³/mol. The fourth-order valence-corrected chi connectivity index (χ4v) is 3.05. The van der Waals surface area contributed by atoms with Gasteiger partial charge in [-0.2, -0.15) is 0 Å². The van der Waals surface area contributed by atoms with Gasteiger partial charge < -0.3 is 15.5 Å². The second kappa shape index (κ2) is 9.71. The van der Waals surface area contributed by atoms with Crippen LogP contribution >= 0.6 is 24.2 Å². The highest BCUT2D eigenvalue weighted by Gasteiger charge is 2.25. The largest absolute Gasteiger partial charge is 0.353 e. The molecule has 0 saturated heterocycles. The summed E-state index contributed by atoms with van der Waals surface area (Å²) in [4.78, 5) is 26.6. The Kier molecular flexibility index (Phi) is 8.30. The Morgan fingerprint density at radius 2 is 2.05 bits per heavy atom. The molecule has 0 unspecified atom stereocenters. The number of hydrogen-bond acceptors (Lipinski definition) is 4. The summed E-state index contributed by atoms with van der Waals surface area (Å²) in [7, 11) is 0. The monoisotopic (exact) mass is 343 g/mol. The van der Waals surface area contributed by atoms with Gasteiger partial charge in [-0.15, -0.1) is 24.2 Å². The van der Waals surface area contributed by atoms with Gasteiger partial charge in [0.1, 0.15) is 6.54 Å². The van der Waals surface area contributed by atoms with Crippen molar-refractivity contribution in [3.63, 3.8) is 0 Å². The fourth-order valence-electron chi connectivity index (χ4n) is 2.12. The fraction of sp³-hybridized carbons (Fsp3) is 0.467. The highest BCUT2D eigenvalue weighted by Crippen LogP contribution is 2.34. The molecule has 0 fully saturated rings. The van der Waals surface area contributed by atoms with Crippen LogP contribution in [0.2, 0.25) is 0 Å². The summed E-state index contributed by atoms with van der Waals surface area (Å²) < 4.78 is 0. The van der Waals surface area contributed by atoms with E-state index in [0.29, 0.717) is 12.3 Å². The molecular weight excluding hydrogens is 322 g/mol. The molecule has 0 saturated carbocycles. The van der Waals surface area contributed by atoms with E-state index in [0.717, 1.165) is 30.1 Å². The Bertz CT molecular complexity index is 513. The molecule has 1 aliphatic heterocycles. The van der Waals surface area contributed by atoms with E-state index in [2.05, 4.69) is 17.6 Å². The van der Waals surface area contributed by atoms with Crippen LogP contribution in [-0.2, 0) is 9.59 Å². The summed E-state index contributed by atoms with van der Waals surface area (Å²) in [5.74, 6) is 0.254. The summed E-state index contributed by atoms with van der Waals surface area (Å²) in [5, 5.41) is 6.06. The van der Waals surface area contributed by atoms with Crippen molar-refractivity contribution in [2.24, 2.45) is 0 Å². The molecule has 5 nitrogen and oxygen atoms in total. The molecule has 0 spiro atoms. The molecule has 7 heteroatoms. The first-order valence-electron chi connectivity index (χ1n) is 7.22. The molecule has 0 atom stereocenters. The molecule has 2 rings (SSSR count). The van der Waals surface area contributed by atoms with Crippen molar-refractivity contribution in [3.05, 3.63) is 24.3 Å². The van der Waals surface area contributed by atoms with Crippen LogP contribution in [0.4, 0.5) is 5.69 Å². The van der Waals surface area contributed by atoms with Crippen molar-refractivity contribution in [2.45, 2.75) is 18.2 Å². The predicted octanol–water partition coefficient (Wildman–Crippen LogP) is 1.66. The van der Waals surface area contributed by atoms with Gasteiger partial charge in [0.25, 0.3) is 0 Å². The van der Waals surface area contributed by atoms with Crippen molar-refractivity contribution in [1.82, 2.24) is 10.6 Å². The number of nitrogens with zero attached hydrogens (tertiary/aromatic N) is 1. The Hall–Kier alpha value is -1.24. The molecule has 22 heavy (non-hydrogen) atoms. The number of halogens is 1. The number of thioether (sulfide) groups is 1.